The zero-order chi connectivity index (χ0) is 17.4. The largest absolute Gasteiger partial charge is 0.329 e. The van der Waals surface area contributed by atoms with E-state index in [4.69, 9.17) is 0 Å². The Hall–Kier alpha value is -3.39. The van der Waals surface area contributed by atoms with E-state index in [0.29, 0.717) is 11.3 Å². The van der Waals surface area contributed by atoms with Gasteiger partial charge < -0.3 is 4.98 Å². The number of pyridine rings is 1. The number of aromatic nitrogens is 3. The molecule has 7 nitrogen and oxygen atoms in total. The highest BCUT2D eigenvalue weighted by atomic mass is 32.1. The molecule has 3 aromatic heterocycles. The number of nitro groups is 1. The Kier molecular flexibility index (Phi) is 3.58. The quantitative estimate of drug-likeness (QED) is 0.449. The molecule has 8 heteroatoms. The molecular weight excluding hydrogens is 340 g/mol. The van der Waals surface area contributed by atoms with Gasteiger partial charge in [-0.1, -0.05) is 12.1 Å². The zero-order valence-corrected chi connectivity index (χ0v) is 13.5. The minimum absolute atomic E-state index is 0.00862. The summed E-state index contributed by atoms with van der Waals surface area (Å²) in [5.41, 5.74) is 1.89. The Bertz CT molecular complexity index is 1170. The molecule has 3 heterocycles. The summed E-state index contributed by atoms with van der Waals surface area (Å²) in [5.74, 6) is 0. The van der Waals surface area contributed by atoms with E-state index in [2.05, 4.69) is 15.0 Å². The molecule has 0 unspecified atom stereocenters. The smallest absolute Gasteiger partial charge is 0.270 e. The number of rotatable bonds is 3. The van der Waals surface area contributed by atoms with E-state index in [1.54, 1.807) is 18.3 Å². The van der Waals surface area contributed by atoms with Gasteiger partial charge in [-0.05, 0) is 17.7 Å². The zero-order valence-electron chi connectivity index (χ0n) is 12.7. The van der Waals surface area contributed by atoms with Gasteiger partial charge in [-0.25, -0.2) is 9.97 Å². The molecule has 0 saturated heterocycles. The third kappa shape index (κ3) is 2.79. The van der Waals surface area contributed by atoms with Crippen LogP contribution in [0.2, 0.25) is 0 Å². The summed E-state index contributed by atoms with van der Waals surface area (Å²) in [7, 11) is 0. The van der Waals surface area contributed by atoms with Crippen LogP contribution in [0.5, 0.6) is 0 Å². The van der Waals surface area contributed by atoms with E-state index in [1.807, 2.05) is 12.1 Å². The number of hydrogen-bond acceptors (Lipinski definition) is 6. The van der Waals surface area contributed by atoms with Gasteiger partial charge in [0.2, 0.25) is 5.56 Å². The van der Waals surface area contributed by atoms with Crippen LogP contribution < -0.4 is 5.56 Å². The summed E-state index contributed by atoms with van der Waals surface area (Å²) in [5, 5.41) is 11.8. The second kappa shape index (κ2) is 5.91. The van der Waals surface area contributed by atoms with Gasteiger partial charge in [0.25, 0.3) is 5.69 Å². The summed E-state index contributed by atoms with van der Waals surface area (Å²) < 4.78 is 0. The minimum Gasteiger partial charge on any atom is -0.329 e. The van der Waals surface area contributed by atoms with Crippen molar-refractivity contribution in [3.8, 4) is 21.7 Å². The highest BCUT2D eigenvalue weighted by Gasteiger charge is 2.14. The number of thiophene rings is 1. The predicted molar refractivity (Wildman–Crippen MR) is 95.6 cm³/mol. The number of nitrogens with zero attached hydrogens (tertiary/aromatic N) is 3. The molecule has 0 aliphatic rings. The molecule has 0 aliphatic carbocycles. The van der Waals surface area contributed by atoms with Crippen LogP contribution in [0.4, 0.5) is 5.69 Å². The average molecular weight is 350 g/mol. The van der Waals surface area contributed by atoms with Crippen molar-refractivity contribution < 1.29 is 4.92 Å². The van der Waals surface area contributed by atoms with Crippen LogP contribution in [-0.2, 0) is 0 Å². The number of non-ortho nitro benzene ring substituents is 1. The average Bonchev–Trinajstić information content (AvgIpc) is 3.06. The van der Waals surface area contributed by atoms with Gasteiger partial charge in [-0.15, -0.1) is 11.3 Å². The second-order valence-electron chi connectivity index (χ2n) is 5.30. The SMILES string of the molecule is O=c1cc(-c2cc3c(-c4cccc([N+](=O)[O-])c4)ncnc3s2)cc[nH]1. The molecule has 0 atom stereocenters. The van der Waals surface area contributed by atoms with Crippen LogP contribution in [0.1, 0.15) is 0 Å². The van der Waals surface area contributed by atoms with Crippen molar-refractivity contribution in [1.82, 2.24) is 15.0 Å². The predicted octanol–water partition coefficient (Wildman–Crippen LogP) is 3.62. The van der Waals surface area contributed by atoms with E-state index in [1.165, 1.54) is 35.9 Å². The lowest BCUT2D eigenvalue weighted by Crippen LogP contribution is -2.01. The number of fused-ring (bicyclic) bond motifs is 1. The number of nitrogens with one attached hydrogen (secondary N) is 1. The number of hydrogen-bond donors (Lipinski definition) is 1. The van der Waals surface area contributed by atoms with Crippen molar-refractivity contribution in [2.45, 2.75) is 0 Å². The fourth-order valence-corrected chi connectivity index (χ4v) is 3.59. The fourth-order valence-electron chi connectivity index (χ4n) is 2.59. The molecule has 0 spiro atoms. The lowest BCUT2D eigenvalue weighted by Gasteiger charge is -2.01. The van der Waals surface area contributed by atoms with E-state index < -0.39 is 4.92 Å². The van der Waals surface area contributed by atoms with Gasteiger partial charge in [-0.2, -0.15) is 0 Å². The summed E-state index contributed by atoms with van der Waals surface area (Å²) in [6, 6.07) is 11.6. The molecule has 1 N–H and O–H groups in total. The lowest BCUT2D eigenvalue weighted by atomic mass is 10.1. The van der Waals surface area contributed by atoms with Crippen molar-refractivity contribution in [3.05, 3.63) is 75.5 Å². The Morgan fingerprint density at radius 3 is 2.76 bits per heavy atom. The van der Waals surface area contributed by atoms with Gasteiger partial charge in [0, 0.05) is 40.2 Å². The summed E-state index contributed by atoms with van der Waals surface area (Å²) in [4.78, 5) is 34.9. The maximum absolute atomic E-state index is 11.5. The van der Waals surface area contributed by atoms with E-state index in [9.17, 15) is 14.9 Å². The Morgan fingerprint density at radius 1 is 1.08 bits per heavy atom. The Labute approximate surface area is 144 Å². The third-order valence-corrected chi connectivity index (χ3v) is 4.81. The summed E-state index contributed by atoms with van der Waals surface area (Å²) in [6.07, 6.45) is 3.03. The monoisotopic (exact) mass is 350 g/mol. The van der Waals surface area contributed by atoms with Gasteiger partial charge in [0.05, 0.1) is 10.6 Å². The van der Waals surface area contributed by atoms with Crippen LogP contribution in [0, 0.1) is 10.1 Å². The maximum atomic E-state index is 11.5. The van der Waals surface area contributed by atoms with E-state index in [0.717, 1.165) is 20.7 Å². The molecular formula is C17H10N4O3S. The molecule has 25 heavy (non-hydrogen) atoms. The van der Waals surface area contributed by atoms with Gasteiger partial charge in [-0.3, -0.25) is 14.9 Å². The first kappa shape index (κ1) is 15.2. The number of benzene rings is 1. The van der Waals surface area contributed by atoms with Crippen molar-refractivity contribution in [2.75, 3.05) is 0 Å². The number of H-pyrrole nitrogens is 1. The molecule has 0 aliphatic heterocycles. The highest BCUT2D eigenvalue weighted by molar-refractivity contribution is 7.21. The number of nitro benzene ring substituents is 1. The molecule has 4 rings (SSSR count). The van der Waals surface area contributed by atoms with Crippen LogP contribution in [-0.4, -0.2) is 19.9 Å². The van der Waals surface area contributed by atoms with E-state index in [-0.39, 0.29) is 11.2 Å². The van der Waals surface area contributed by atoms with Crippen molar-refractivity contribution in [1.29, 1.82) is 0 Å². The summed E-state index contributed by atoms with van der Waals surface area (Å²) >= 11 is 1.44. The highest BCUT2D eigenvalue weighted by Crippen LogP contribution is 2.36. The molecule has 0 bridgehead atoms. The van der Waals surface area contributed by atoms with Gasteiger partial charge in [0.15, 0.2) is 0 Å². The van der Waals surface area contributed by atoms with Gasteiger partial charge in [0.1, 0.15) is 11.2 Å². The van der Waals surface area contributed by atoms with Gasteiger partial charge >= 0.3 is 0 Å². The third-order valence-electron chi connectivity index (χ3n) is 3.72. The van der Waals surface area contributed by atoms with E-state index >= 15 is 0 Å². The molecule has 122 valence electrons. The van der Waals surface area contributed by atoms with Crippen molar-refractivity contribution in [2.24, 2.45) is 0 Å². The van der Waals surface area contributed by atoms with Crippen LogP contribution >= 0.6 is 11.3 Å². The first-order valence-corrected chi connectivity index (χ1v) is 8.12. The fraction of sp³-hybridized carbons (Fsp3) is 0. The standard InChI is InChI=1S/C17H10N4O3S/c22-15-7-10(4-5-18-15)14-8-13-16(19-9-20-17(13)25-14)11-2-1-3-12(6-11)21(23)24/h1-9H,(H,18,22). The second-order valence-corrected chi connectivity index (χ2v) is 6.33. The molecule has 0 radical (unpaired) electrons. The Balaban J connectivity index is 1.90. The van der Waals surface area contributed by atoms with Crippen LogP contribution in [0.3, 0.4) is 0 Å². The topological polar surface area (TPSA) is 102 Å². The number of aromatic amines is 1. The maximum Gasteiger partial charge on any atom is 0.270 e. The molecule has 0 fully saturated rings. The first-order valence-electron chi connectivity index (χ1n) is 7.30. The molecule has 0 amide bonds. The molecule has 0 saturated carbocycles. The molecule has 4 aromatic rings. The van der Waals surface area contributed by atoms with Crippen LogP contribution in [0.15, 0.2) is 59.8 Å². The Morgan fingerprint density at radius 2 is 1.96 bits per heavy atom. The normalized spacial score (nSPS) is 10.9. The van der Waals surface area contributed by atoms with Crippen LogP contribution in [0.25, 0.3) is 31.9 Å². The summed E-state index contributed by atoms with van der Waals surface area (Å²) in [6.45, 7) is 0. The first-order chi connectivity index (χ1) is 12.1. The lowest BCUT2D eigenvalue weighted by molar-refractivity contribution is -0.384. The van der Waals surface area contributed by atoms with Crippen molar-refractivity contribution >= 4 is 27.2 Å². The molecule has 1 aromatic carbocycles. The minimum atomic E-state index is -0.433. The van der Waals surface area contributed by atoms with Crippen molar-refractivity contribution in [3.63, 3.8) is 0 Å².